The third kappa shape index (κ3) is 3.66. The first kappa shape index (κ1) is 16.6. The van der Waals surface area contributed by atoms with Crippen molar-refractivity contribution in [2.75, 3.05) is 19.6 Å². The van der Waals surface area contributed by atoms with Gasteiger partial charge >= 0.3 is 11.9 Å². The van der Waals surface area contributed by atoms with Gasteiger partial charge in [-0.1, -0.05) is 0 Å². The van der Waals surface area contributed by atoms with E-state index in [0.717, 1.165) is 25.8 Å². The fraction of sp³-hybridized carbons (Fsp3) is 0.875. The molecule has 6 atom stereocenters. The van der Waals surface area contributed by atoms with E-state index < -0.39 is 30.2 Å². The highest BCUT2D eigenvalue weighted by atomic mass is 19.1. The highest BCUT2D eigenvalue weighted by molar-refractivity contribution is 5.74. The number of hydrogen-bond donors (Lipinski definition) is 3. The minimum absolute atomic E-state index is 0.0825. The van der Waals surface area contributed by atoms with Crippen LogP contribution in [-0.2, 0) is 9.59 Å². The maximum Gasteiger partial charge on any atom is 0.321 e. The van der Waals surface area contributed by atoms with E-state index in [1.54, 1.807) is 4.90 Å². The van der Waals surface area contributed by atoms with Gasteiger partial charge in [0.05, 0.1) is 0 Å². The first-order chi connectivity index (χ1) is 10.9. The van der Waals surface area contributed by atoms with Crippen molar-refractivity contribution in [2.24, 2.45) is 17.8 Å². The minimum atomic E-state index is -1.05. The summed E-state index contributed by atoms with van der Waals surface area (Å²) in [4.78, 5) is 24.2. The van der Waals surface area contributed by atoms with Gasteiger partial charge < -0.3 is 15.5 Å². The number of likely N-dealkylation sites (tertiary alicyclic amines) is 1. The molecule has 1 aliphatic carbocycles. The Kier molecular flexibility index (Phi) is 4.87. The molecule has 0 spiro atoms. The fourth-order valence-corrected chi connectivity index (χ4v) is 4.65. The van der Waals surface area contributed by atoms with Gasteiger partial charge in [0, 0.05) is 19.5 Å². The molecule has 2 aliphatic heterocycles. The zero-order chi connectivity index (χ0) is 16.6. The molecule has 3 aliphatic rings. The molecule has 3 rings (SSSR count). The number of nitrogens with zero attached hydrogens (tertiary/aromatic N) is 1. The highest BCUT2D eigenvalue weighted by Crippen LogP contribution is 2.39. The predicted molar refractivity (Wildman–Crippen MR) is 80.9 cm³/mol. The lowest BCUT2D eigenvalue weighted by atomic mass is 9.69. The lowest BCUT2D eigenvalue weighted by Crippen LogP contribution is -2.50. The predicted octanol–water partition coefficient (Wildman–Crippen LogP) is 0.962. The Morgan fingerprint density at radius 1 is 1.09 bits per heavy atom. The second-order valence-corrected chi connectivity index (χ2v) is 7.37. The van der Waals surface area contributed by atoms with Crippen molar-refractivity contribution in [2.45, 2.75) is 50.4 Å². The molecule has 3 fully saturated rings. The first-order valence-corrected chi connectivity index (χ1v) is 8.51. The Morgan fingerprint density at radius 2 is 1.87 bits per heavy atom. The average molecular weight is 328 g/mol. The van der Waals surface area contributed by atoms with Gasteiger partial charge in [-0.2, -0.15) is 0 Å². The number of alkyl halides is 1. The monoisotopic (exact) mass is 328 g/mol. The normalized spacial score (nSPS) is 41.4. The molecule has 2 saturated heterocycles. The van der Waals surface area contributed by atoms with Gasteiger partial charge in [0.2, 0.25) is 0 Å². The van der Waals surface area contributed by atoms with E-state index in [1.807, 2.05) is 0 Å². The van der Waals surface area contributed by atoms with Crippen molar-refractivity contribution < 1.29 is 24.2 Å². The molecule has 0 aromatic heterocycles. The molecule has 0 amide bonds. The van der Waals surface area contributed by atoms with Crippen molar-refractivity contribution in [3.63, 3.8) is 0 Å². The summed E-state index contributed by atoms with van der Waals surface area (Å²) >= 11 is 0. The van der Waals surface area contributed by atoms with E-state index in [-0.39, 0.29) is 13.0 Å². The number of aliphatic carboxylic acids is 2. The van der Waals surface area contributed by atoms with Crippen molar-refractivity contribution >= 4 is 11.9 Å². The van der Waals surface area contributed by atoms with Crippen molar-refractivity contribution in [1.82, 2.24) is 10.2 Å². The van der Waals surface area contributed by atoms with Crippen molar-refractivity contribution in [3.05, 3.63) is 0 Å². The maximum absolute atomic E-state index is 13.6. The zero-order valence-electron chi connectivity index (χ0n) is 13.2. The number of hydrogen-bond acceptors (Lipinski definition) is 4. The zero-order valence-corrected chi connectivity index (χ0v) is 13.2. The number of halogens is 1. The van der Waals surface area contributed by atoms with Gasteiger partial charge in [0.25, 0.3) is 0 Å². The summed E-state index contributed by atoms with van der Waals surface area (Å²) in [5.74, 6) is -0.494. The number of carboxylic acids is 2. The van der Waals surface area contributed by atoms with Crippen molar-refractivity contribution in [3.8, 4) is 0 Å². The van der Waals surface area contributed by atoms with Crippen LogP contribution in [0.15, 0.2) is 0 Å². The van der Waals surface area contributed by atoms with Gasteiger partial charge in [0.1, 0.15) is 18.3 Å². The number of piperidine rings is 1. The maximum atomic E-state index is 13.6. The summed E-state index contributed by atoms with van der Waals surface area (Å²) in [6.45, 7) is 1.58. The molecular weight excluding hydrogens is 303 g/mol. The van der Waals surface area contributed by atoms with Crippen LogP contribution in [0.1, 0.15) is 32.1 Å². The second kappa shape index (κ2) is 6.73. The highest BCUT2D eigenvalue weighted by Gasteiger charge is 2.41. The molecular formula is C16H25FN2O4. The largest absolute Gasteiger partial charge is 0.480 e. The topological polar surface area (TPSA) is 89.9 Å². The summed E-state index contributed by atoms with van der Waals surface area (Å²) in [6, 6.07) is -1.17. The van der Waals surface area contributed by atoms with Crippen LogP contribution in [0.25, 0.3) is 0 Å². The van der Waals surface area contributed by atoms with Crippen LogP contribution >= 0.6 is 0 Å². The summed E-state index contributed by atoms with van der Waals surface area (Å²) in [7, 11) is 0. The standard InChI is InChI=1S/C16H25FN2O4/c17-12-5-14(16(22)23)19(8-12)7-9-1-2-10-6-18-13(15(20)21)4-11(10)3-9/h9-14,18H,1-8H2,(H,20,21)(H,22,23). The molecule has 23 heavy (non-hydrogen) atoms. The molecule has 0 radical (unpaired) electrons. The Balaban J connectivity index is 1.57. The third-order valence-electron chi connectivity index (χ3n) is 5.84. The minimum Gasteiger partial charge on any atom is -0.480 e. The summed E-state index contributed by atoms with van der Waals surface area (Å²) in [6.07, 6.45) is 2.65. The van der Waals surface area contributed by atoms with Crippen LogP contribution < -0.4 is 5.32 Å². The molecule has 6 unspecified atom stereocenters. The molecule has 0 aromatic carbocycles. The number of carbonyl (C=O) groups is 2. The Hall–Kier alpha value is -1.21. The van der Waals surface area contributed by atoms with Crippen LogP contribution in [-0.4, -0.2) is 64.9 Å². The van der Waals surface area contributed by atoms with Crippen molar-refractivity contribution in [1.29, 1.82) is 0 Å². The first-order valence-electron chi connectivity index (χ1n) is 8.51. The lowest BCUT2D eigenvalue weighted by Gasteiger charge is -2.42. The average Bonchev–Trinajstić information content (AvgIpc) is 2.87. The van der Waals surface area contributed by atoms with E-state index in [2.05, 4.69) is 5.32 Å². The van der Waals surface area contributed by atoms with E-state index >= 15 is 0 Å². The van der Waals surface area contributed by atoms with Crippen LogP contribution in [0.3, 0.4) is 0 Å². The summed E-state index contributed by atoms with van der Waals surface area (Å²) in [5, 5.41) is 21.5. The van der Waals surface area contributed by atoms with Gasteiger partial charge in [-0.25, -0.2) is 4.39 Å². The van der Waals surface area contributed by atoms with Crippen LogP contribution in [0.5, 0.6) is 0 Å². The number of fused-ring (bicyclic) bond motifs is 1. The Bertz CT molecular complexity index is 475. The van der Waals surface area contributed by atoms with Crippen LogP contribution in [0, 0.1) is 17.8 Å². The molecule has 0 bridgehead atoms. The molecule has 130 valence electrons. The van der Waals surface area contributed by atoms with E-state index in [0.29, 0.717) is 30.7 Å². The smallest absolute Gasteiger partial charge is 0.321 e. The van der Waals surface area contributed by atoms with Crippen LogP contribution in [0.4, 0.5) is 4.39 Å². The summed E-state index contributed by atoms with van der Waals surface area (Å²) < 4.78 is 13.6. The van der Waals surface area contributed by atoms with Gasteiger partial charge in [-0.3, -0.25) is 14.5 Å². The molecule has 2 heterocycles. The quantitative estimate of drug-likeness (QED) is 0.712. The number of rotatable bonds is 4. The fourth-order valence-electron chi connectivity index (χ4n) is 4.65. The Morgan fingerprint density at radius 3 is 2.57 bits per heavy atom. The third-order valence-corrected chi connectivity index (χ3v) is 5.84. The van der Waals surface area contributed by atoms with Crippen LogP contribution in [0.2, 0.25) is 0 Å². The van der Waals surface area contributed by atoms with Gasteiger partial charge in [-0.05, 0) is 50.0 Å². The van der Waals surface area contributed by atoms with E-state index in [4.69, 9.17) is 0 Å². The second-order valence-electron chi connectivity index (χ2n) is 7.37. The molecule has 7 heteroatoms. The summed E-state index contributed by atoms with van der Waals surface area (Å²) in [5.41, 5.74) is 0. The molecule has 1 saturated carbocycles. The van der Waals surface area contributed by atoms with E-state index in [1.165, 1.54) is 0 Å². The van der Waals surface area contributed by atoms with Gasteiger partial charge in [-0.15, -0.1) is 0 Å². The van der Waals surface area contributed by atoms with Gasteiger partial charge in [0.15, 0.2) is 0 Å². The SMILES string of the molecule is O=C(O)C1CC2CC(CN3CC(F)CC3C(=O)O)CCC2CN1. The molecule has 0 aromatic rings. The Labute approximate surface area is 135 Å². The number of carboxylic acid groups (broad SMARTS) is 2. The molecule has 6 nitrogen and oxygen atoms in total. The van der Waals surface area contributed by atoms with E-state index in [9.17, 15) is 24.2 Å². The number of nitrogens with one attached hydrogen (secondary N) is 1. The molecule has 3 N–H and O–H groups in total. The lowest BCUT2D eigenvalue weighted by molar-refractivity contribution is -0.143.